The summed E-state index contributed by atoms with van der Waals surface area (Å²) in [6.07, 6.45) is 1.07. The molecule has 4 rings (SSSR count). The van der Waals surface area contributed by atoms with Crippen molar-refractivity contribution in [1.82, 2.24) is 0 Å². The zero-order chi connectivity index (χ0) is 24.3. The fraction of sp³-hybridized carbons (Fsp3) is 0.417. The average Bonchev–Trinajstić information content (AvgIpc) is 3.21. The maximum Gasteiger partial charge on any atom is 0.237 e. The van der Waals surface area contributed by atoms with Gasteiger partial charge in [0.25, 0.3) is 0 Å². The summed E-state index contributed by atoms with van der Waals surface area (Å²) in [6, 6.07) is 11.3. The molecule has 2 aromatic carbocycles. The maximum atomic E-state index is 13.2. The summed E-state index contributed by atoms with van der Waals surface area (Å²) in [4.78, 5) is 26.1. The Kier molecular flexibility index (Phi) is 8.06. The highest BCUT2D eigenvalue weighted by molar-refractivity contribution is 8.02. The third-order valence-electron chi connectivity index (χ3n) is 5.59. The number of ketones is 1. The number of fused-ring (bicyclic) bond motifs is 2. The number of amides is 1. The van der Waals surface area contributed by atoms with Crippen LogP contribution in [0.15, 0.2) is 36.4 Å². The molecule has 0 bridgehead atoms. The molecule has 0 spiro atoms. The van der Waals surface area contributed by atoms with Gasteiger partial charge in [0.1, 0.15) is 7.00 Å². The van der Waals surface area contributed by atoms with E-state index in [0.29, 0.717) is 48.5 Å². The molecule has 1 N–H and O–H groups in total. The van der Waals surface area contributed by atoms with E-state index in [1.165, 1.54) is 11.8 Å². The molecule has 0 saturated heterocycles. The molecule has 2 heterocycles. The van der Waals surface area contributed by atoms with Crippen molar-refractivity contribution in [2.45, 2.75) is 43.9 Å². The minimum Gasteiger partial charge on any atom is -0.454 e. The Morgan fingerprint density at radius 1 is 1.15 bits per heavy atom. The number of carbonyl (C=O) groups is 2. The van der Waals surface area contributed by atoms with Crippen LogP contribution in [0.4, 0.5) is 5.69 Å². The standard InChI is InChI=1S/C24H29NO6P2S/c1-4-30-33(32,31-5-2)13-16-6-8-18(9-7-16)25-24(27)22-11-17-10-20-21(29-14-28-20)12-19(17)23(26)15(3)34-22/h6-10,12,15,22,32H,4-5,11,13-14H2,1-3H3,(H,25,27)/t15-,22+/m0/s1. The Morgan fingerprint density at radius 2 is 1.79 bits per heavy atom. The van der Waals surface area contributed by atoms with Crippen molar-refractivity contribution in [2.75, 3.05) is 25.3 Å². The third-order valence-corrected chi connectivity index (χ3v) is 10.3. The Morgan fingerprint density at radius 3 is 2.44 bits per heavy atom. The van der Waals surface area contributed by atoms with Crippen LogP contribution in [0.2, 0.25) is 0 Å². The van der Waals surface area contributed by atoms with Gasteiger partial charge in [-0.3, -0.25) is 9.59 Å². The number of hydrogen-bond donors (Lipinski definition) is 1. The largest absolute Gasteiger partial charge is 0.454 e. The number of nitrogens with one attached hydrogen (secondary N) is 1. The number of benzene rings is 2. The molecule has 2 atom stereocenters. The van der Waals surface area contributed by atoms with Crippen LogP contribution in [0.5, 0.6) is 11.5 Å². The average molecular weight is 522 g/mol. The van der Waals surface area contributed by atoms with Gasteiger partial charge >= 0.3 is 0 Å². The zero-order valence-corrected chi connectivity index (χ0v) is 22.2. The highest BCUT2D eigenvalue weighted by Gasteiger charge is 2.33. The number of rotatable bonds is 8. The molecule has 0 saturated carbocycles. The molecule has 0 fully saturated rings. The Hall–Kier alpha value is -1.82. The summed E-state index contributed by atoms with van der Waals surface area (Å²) in [5.41, 5.74) is 3.17. The fourth-order valence-corrected chi connectivity index (χ4v) is 8.32. The summed E-state index contributed by atoms with van der Waals surface area (Å²) in [5, 5.41) is 2.26. The third kappa shape index (κ3) is 5.69. The van der Waals surface area contributed by atoms with Gasteiger partial charge in [-0.05, 0) is 62.6 Å². The topological polar surface area (TPSA) is 83.1 Å². The second-order valence-corrected chi connectivity index (χ2v) is 13.8. The van der Waals surface area contributed by atoms with Crippen LogP contribution in [0.3, 0.4) is 0 Å². The van der Waals surface area contributed by atoms with Crippen molar-refractivity contribution < 1.29 is 28.1 Å². The van der Waals surface area contributed by atoms with E-state index in [4.69, 9.17) is 18.5 Å². The molecule has 2 aliphatic rings. The predicted molar refractivity (Wildman–Crippen MR) is 139 cm³/mol. The summed E-state index contributed by atoms with van der Waals surface area (Å²) in [6.45, 7) is 7.00. The van der Waals surface area contributed by atoms with E-state index in [-0.39, 0.29) is 23.7 Å². The van der Waals surface area contributed by atoms with E-state index in [1.807, 2.05) is 51.1 Å². The number of Topliss-reactive ketones (excluding diaryl/α,β-unsaturated/α-hetero) is 1. The van der Waals surface area contributed by atoms with Gasteiger partial charge in [0.15, 0.2) is 17.3 Å². The Balaban J connectivity index is 1.46. The van der Waals surface area contributed by atoms with Crippen LogP contribution < -0.4 is 14.8 Å². The maximum absolute atomic E-state index is 13.2. The van der Waals surface area contributed by atoms with Gasteiger partial charge in [0.05, 0.1) is 23.7 Å². The quantitative estimate of drug-likeness (QED) is 0.442. The molecule has 10 heteroatoms. The molecule has 182 valence electrons. The van der Waals surface area contributed by atoms with E-state index >= 15 is 0 Å². The highest BCUT2D eigenvalue weighted by Crippen LogP contribution is 2.56. The first-order chi connectivity index (χ1) is 16.3. The first-order valence-corrected chi connectivity index (χ1v) is 15.4. The van der Waals surface area contributed by atoms with E-state index in [1.54, 1.807) is 6.07 Å². The van der Waals surface area contributed by atoms with Gasteiger partial charge in [0.2, 0.25) is 12.7 Å². The smallest absolute Gasteiger partial charge is 0.237 e. The predicted octanol–water partition coefficient (Wildman–Crippen LogP) is 5.76. The minimum absolute atomic E-state index is 0.00274. The Labute approximate surface area is 206 Å². The molecule has 2 aliphatic heterocycles. The fourth-order valence-electron chi connectivity index (χ4n) is 4.01. The number of hydrogen-bond acceptors (Lipinski definition) is 7. The van der Waals surface area contributed by atoms with E-state index < -0.39 is 12.3 Å². The number of ether oxygens (including phenoxy) is 2. The lowest BCUT2D eigenvalue weighted by atomic mass is 9.97. The molecule has 34 heavy (non-hydrogen) atoms. The first-order valence-electron chi connectivity index (χ1n) is 11.3. The lowest BCUT2D eigenvalue weighted by molar-refractivity contribution is -0.115. The second kappa shape index (κ2) is 10.8. The van der Waals surface area contributed by atoms with Gasteiger partial charge in [-0.1, -0.05) is 20.7 Å². The molecule has 2 aromatic rings. The van der Waals surface area contributed by atoms with Crippen LogP contribution in [0, 0.1) is 0 Å². The SMILES string of the molecule is CCOP(=P)(Cc1ccc(NC(=O)[C@H]2Cc3cc4c(cc3C(=O)[C@H](C)S2)OCO4)cc1)OCC. The normalized spacial score (nSPS) is 19.4. The van der Waals surface area contributed by atoms with Crippen molar-refractivity contribution in [2.24, 2.45) is 0 Å². The molecule has 0 aliphatic carbocycles. The van der Waals surface area contributed by atoms with Crippen LogP contribution in [-0.4, -0.2) is 42.2 Å². The lowest BCUT2D eigenvalue weighted by Gasteiger charge is -2.23. The van der Waals surface area contributed by atoms with Gasteiger partial charge < -0.3 is 23.8 Å². The molecular formula is C24H29NO6P2S. The van der Waals surface area contributed by atoms with Crippen LogP contribution in [0.1, 0.15) is 42.3 Å². The van der Waals surface area contributed by atoms with Crippen LogP contribution >= 0.6 is 27.3 Å². The second-order valence-electron chi connectivity index (χ2n) is 8.05. The minimum atomic E-state index is -2.15. The molecular weight excluding hydrogens is 492 g/mol. The number of thioether (sulfide) groups is 1. The summed E-state index contributed by atoms with van der Waals surface area (Å²) < 4.78 is 22.5. The summed E-state index contributed by atoms with van der Waals surface area (Å²) >= 11 is 1.38. The van der Waals surface area contributed by atoms with E-state index in [0.717, 1.165) is 11.1 Å². The summed E-state index contributed by atoms with van der Waals surface area (Å²) in [7, 11) is 1.57. The zero-order valence-electron chi connectivity index (χ0n) is 19.5. The van der Waals surface area contributed by atoms with Crippen LogP contribution in [0.25, 0.3) is 0 Å². The monoisotopic (exact) mass is 521 g/mol. The Bertz CT molecular complexity index is 1110. The lowest BCUT2D eigenvalue weighted by Crippen LogP contribution is -2.28. The van der Waals surface area contributed by atoms with Gasteiger partial charge in [-0.15, -0.1) is 11.8 Å². The number of carbonyl (C=O) groups excluding carboxylic acids is 2. The van der Waals surface area contributed by atoms with E-state index in [2.05, 4.69) is 13.8 Å². The van der Waals surface area contributed by atoms with Crippen molar-refractivity contribution in [3.63, 3.8) is 0 Å². The van der Waals surface area contributed by atoms with Crippen molar-refractivity contribution >= 4 is 44.7 Å². The molecule has 0 aromatic heterocycles. The molecule has 0 unspecified atom stereocenters. The van der Waals surface area contributed by atoms with Crippen molar-refractivity contribution in [3.05, 3.63) is 53.1 Å². The first kappa shape index (κ1) is 25.3. The van der Waals surface area contributed by atoms with Crippen molar-refractivity contribution in [3.8, 4) is 11.5 Å². The van der Waals surface area contributed by atoms with Crippen LogP contribution in [-0.2, 0) is 26.4 Å². The summed E-state index contributed by atoms with van der Waals surface area (Å²) in [5.74, 6) is 1.07. The molecule has 0 radical (unpaired) electrons. The highest BCUT2D eigenvalue weighted by atomic mass is 32.2. The molecule has 7 nitrogen and oxygen atoms in total. The van der Waals surface area contributed by atoms with E-state index in [9.17, 15) is 9.59 Å². The van der Waals surface area contributed by atoms with Gasteiger partial charge in [-0.25, -0.2) is 0 Å². The van der Waals surface area contributed by atoms with Crippen molar-refractivity contribution in [1.29, 1.82) is 0 Å². The van der Waals surface area contributed by atoms with Gasteiger partial charge in [-0.2, -0.15) is 0 Å². The molecule has 1 amide bonds. The number of anilines is 1. The van der Waals surface area contributed by atoms with Gasteiger partial charge in [0, 0.05) is 17.4 Å².